The van der Waals surface area contributed by atoms with Crippen molar-refractivity contribution in [3.8, 4) is 11.8 Å². The zero-order valence-corrected chi connectivity index (χ0v) is 15.3. The van der Waals surface area contributed by atoms with E-state index in [0.717, 1.165) is 24.2 Å². The number of carbonyl (C=O) groups is 1. The molecule has 1 atom stereocenters. The van der Waals surface area contributed by atoms with E-state index < -0.39 is 0 Å². The number of aryl methyl sites for hydroxylation is 1. The van der Waals surface area contributed by atoms with Crippen LogP contribution in [0.5, 0.6) is 11.8 Å². The molecule has 0 bridgehead atoms. The molecule has 3 aromatic rings. The highest BCUT2D eigenvalue weighted by Crippen LogP contribution is 2.25. The summed E-state index contributed by atoms with van der Waals surface area (Å²) in [6, 6.07) is 5.70. The molecule has 3 aromatic heterocycles. The van der Waals surface area contributed by atoms with Gasteiger partial charge in [0.1, 0.15) is 17.4 Å². The number of hydrogen-bond acceptors (Lipinski definition) is 6. The highest BCUT2D eigenvalue weighted by Gasteiger charge is 2.29. The largest absolute Gasteiger partial charge is 0.477 e. The van der Waals surface area contributed by atoms with Gasteiger partial charge in [-0.15, -0.1) is 0 Å². The first-order valence-corrected chi connectivity index (χ1v) is 8.92. The van der Waals surface area contributed by atoms with Gasteiger partial charge >= 0.3 is 0 Å². The molecule has 0 aromatic carbocycles. The first-order chi connectivity index (χ1) is 13.2. The van der Waals surface area contributed by atoms with Crippen LogP contribution in [0.4, 0.5) is 0 Å². The smallest absolute Gasteiger partial charge is 0.278 e. The summed E-state index contributed by atoms with van der Waals surface area (Å²) >= 11 is 0. The monoisotopic (exact) mass is 367 g/mol. The van der Waals surface area contributed by atoms with E-state index in [1.54, 1.807) is 12.4 Å². The number of nitrogens with zero attached hydrogens (tertiary/aromatic N) is 5. The van der Waals surface area contributed by atoms with Crippen LogP contribution in [-0.4, -0.2) is 56.5 Å². The molecule has 8 heteroatoms. The summed E-state index contributed by atoms with van der Waals surface area (Å²) < 4.78 is 13.0. The van der Waals surface area contributed by atoms with E-state index in [0.29, 0.717) is 30.5 Å². The Bertz CT molecular complexity index is 971. The number of amides is 1. The van der Waals surface area contributed by atoms with Crippen molar-refractivity contribution < 1.29 is 14.3 Å². The molecule has 1 fully saturated rings. The van der Waals surface area contributed by atoms with Crippen molar-refractivity contribution in [3.05, 3.63) is 48.2 Å². The average molecular weight is 367 g/mol. The van der Waals surface area contributed by atoms with Crippen molar-refractivity contribution >= 4 is 11.6 Å². The maximum Gasteiger partial charge on any atom is 0.278 e. The third-order valence-electron chi connectivity index (χ3n) is 4.68. The molecule has 0 aliphatic carbocycles. The quantitative estimate of drug-likeness (QED) is 0.703. The molecule has 1 saturated heterocycles. The second kappa shape index (κ2) is 7.22. The van der Waals surface area contributed by atoms with Gasteiger partial charge in [0.05, 0.1) is 19.3 Å². The number of aromatic nitrogens is 4. The number of piperidine rings is 1. The van der Waals surface area contributed by atoms with Crippen LogP contribution in [0.25, 0.3) is 5.65 Å². The van der Waals surface area contributed by atoms with Crippen molar-refractivity contribution in [2.45, 2.75) is 25.9 Å². The van der Waals surface area contributed by atoms with Crippen LogP contribution in [0.2, 0.25) is 0 Å². The predicted octanol–water partition coefficient (Wildman–Crippen LogP) is 2.12. The molecule has 0 unspecified atom stereocenters. The van der Waals surface area contributed by atoms with Crippen molar-refractivity contribution in [2.24, 2.45) is 0 Å². The number of likely N-dealkylation sites (tertiary alicyclic amines) is 1. The Morgan fingerprint density at radius 2 is 2.04 bits per heavy atom. The summed E-state index contributed by atoms with van der Waals surface area (Å²) in [6.45, 7) is 3.04. The van der Waals surface area contributed by atoms with Gasteiger partial charge in [-0.25, -0.2) is 15.0 Å². The van der Waals surface area contributed by atoms with E-state index >= 15 is 0 Å². The van der Waals surface area contributed by atoms with Gasteiger partial charge in [-0.1, -0.05) is 6.07 Å². The van der Waals surface area contributed by atoms with Crippen LogP contribution < -0.4 is 9.47 Å². The van der Waals surface area contributed by atoms with Crippen LogP contribution in [0.15, 0.2) is 36.8 Å². The van der Waals surface area contributed by atoms with Gasteiger partial charge in [0.2, 0.25) is 0 Å². The molecule has 0 radical (unpaired) electrons. The standard InChI is InChI=1S/C19H21N5O3/c1-13-16(24-11-4-3-7-15(24)22-13)19(25)23-10-5-6-14(12-23)27-18-17(26-2)20-8-9-21-18/h3-4,7-9,11,14H,5-6,10,12H2,1-2H3/t14-/m1/s1. The molecule has 0 saturated carbocycles. The van der Waals surface area contributed by atoms with Crippen LogP contribution in [0.3, 0.4) is 0 Å². The Labute approximate surface area is 156 Å². The fourth-order valence-corrected chi connectivity index (χ4v) is 3.43. The lowest BCUT2D eigenvalue weighted by atomic mass is 10.1. The van der Waals surface area contributed by atoms with E-state index in [4.69, 9.17) is 9.47 Å². The van der Waals surface area contributed by atoms with E-state index in [1.807, 2.05) is 40.6 Å². The van der Waals surface area contributed by atoms with Gasteiger partial charge < -0.3 is 14.4 Å². The van der Waals surface area contributed by atoms with Gasteiger partial charge in [0.25, 0.3) is 17.7 Å². The van der Waals surface area contributed by atoms with E-state index in [1.165, 1.54) is 7.11 Å². The SMILES string of the molecule is COc1nccnc1O[C@@H]1CCCN(C(=O)c2c(C)nc3ccccn23)C1. The predicted molar refractivity (Wildman–Crippen MR) is 98.1 cm³/mol. The highest BCUT2D eigenvalue weighted by atomic mass is 16.5. The number of imidazole rings is 1. The Kier molecular flexibility index (Phi) is 4.62. The number of pyridine rings is 1. The zero-order chi connectivity index (χ0) is 18.8. The third-order valence-corrected chi connectivity index (χ3v) is 4.68. The number of carbonyl (C=O) groups excluding carboxylic acids is 1. The van der Waals surface area contributed by atoms with Crippen LogP contribution in [0.1, 0.15) is 29.0 Å². The fourth-order valence-electron chi connectivity index (χ4n) is 3.43. The normalized spacial score (nSPS) is 17.1. The molecule has 1 aliphatic rings. The molecule has 27 heavy (non-hydrogen) atoms. The van der Waals surface area contributed by atoms with E-state index in [-0.39, 0.29) is 12.0 Å². The molecule has 8 nitrogen and oxygen atoms in total. The lowest BCUT2D eigenvalue weighted by Crippen LogP contribution is -2.45. The van der Waals surface area contributed by atoms with Crippen LogP contribution in [-0.2, 0) is 0 Å². The maximum atomic E-state index is 13.2. The number of hydrogen-bond donors (Lipinski definition) is 0. The highest BCUT2D eigenvalue weighted by molar-refractivity contribution is 5.94. The molecule has 4 rings (SSSR count). The summed E-state index contributed by atoms with van der Waals surface area (Å²) in [5.74, 6) is 0.662. The number of rotatable bonds is 4. The molecular formula is C19H21N5O3. The Morgan fingerprint density at radius 3 is 2.85 bits per heavy atom. The molecule has 0 N–H and O–H groups in total. The van der Waals surface area contributed by atoms with Crippen molar-refractivity contribution in [2.75, 3.05) is 20.2 Å². The first-order valence-electron chi connectivity index (χ1n) is 8.92. The Balaban J connectivity index is 1.54. The minimum Gasteiger partial charge on any atom is -0.477 e. The molecule has 140 valence electrons. The number of fused-ring (bicyclic) bond motifs is 1. The maximum absolute atomic E-state index is 13.2. The third kappa shape index (κ3) is 3.30. The van der Waals surface area contributed by atoms with E-state index in [2.05, 4.69) is 15.0 Å². The molecule has 1 aliphatic heterocycles. The van der Waals surface area contributed by atoms with Gasteiger partial charge in [-0.3, -0.25) is 9.20 Å². The van der Waals surface area contributed by atoms with Crippen LogP contribution in [0, 0.1) is 6.92 Å². The first kappa shape index (κ1) is 17.3. The molecule has 0 spiro atoms. The van der Waals surface area contributed by atoms with Crippen molar-refractivity contribution in [3.63, 3.8) is 0 Å². The Morgan fingerprint density at radius 1 is 1.22 bits per heavy atom. The summed E-state index contributed by atoms with van der Waals surface area (Å²) in [5, 5.41) is 0. The van der Waals surface area contributed by atoms with E-state index in [9.17, 15) is 4.79 Å². The lowest BCUT2D eigenvalue weighted by molar-refractivity contribution is 0.0512. The van der Waals surface area contributed by atoms with Crippen LogP contribution >= 0.6 is 0 Å². The molecular weight excluding hydrogens is 346 g/mol. The van der Waals surface area contributed by atoms with Crippen molar-refractivity contribution in [1.82, 2.24) is 24.3 Å². The number of methoxy groups -OCH3 is 1. The lowest BCUT2D eigenvalue weighted by Gasteiger charge is -2.32. The topological polar surface area (TPSA) is 81.9 Å². The molecule has 1 amide bonds. The summed E-state index contributed by atoms with van der Waals surface area (Å²) in [4.78, 5) is 27.8. The van der Waals surface area contributed by atoms with Crippen molar-refractivity contribution in [1.29, 1.82) is 0 Å². The Hall–Kier alpha value is -3.16. The minimum atomic E-state index is -0.159. The number of ether oxygens (including phenoxy) is 2. The molecule has 4 heterocycles. The van der Waals surface area contributed by atoms with Gasteiger partial charge in [-0.05, 0) is 31.9 Å². The second-order valence-corrected chi connectivity index (χ2v) is 6.48. The van der Waals surface area contributed by atoms with Gasteiger partial charge in [0.15, 0.2) is 0 Å². The second-order valence-electron chi connectivity index (χ2n) is 6.48. The average Bonchev–Trinajstić information content (AvgIpc) is 3.03. The van der Waals surface area contributed by atoms with Gasteiger partial charge in [0, 0.05) is 25.1 Å². The zero-order valence-electron chi connectivity index (χ0n) is 15.3. The summed E-state index contributed by atoms with van der Waals surface area (Å²) in [7, 11) is 1.53. The minimum absolute atomic E-state index is 0.0365. The summed E-state index contributed by atoms with van der Waals surface area (Å²) in [5.41, 5.74) is 2.10. The van der Waals surface area contributed by atoms with Gasteiger partial charge in [-0.2, -0.15) is 0 Å². The summed E-state index contributed by atoms with van der Waals surface area (Å²) in [6.07, 6.45) is 6.52. The fraction of sp³-hybridized carbons (Fsp3) is 0.368.